The van der Waals surface area contributed by atoms with E-state index in [1.165, 1.54) is 0 Å². The number of nitrogens with two attached hydrogens (primary N) is 1. The largest absolute Gasteiger partial charge is 0.324 e. The van der Waals surface area contributed by atoms with Crippen molar-refractivity contribution in [1.29, 1.82) is 5.41 Å². The molecule has 70 valence electrons. The SMILES string of the molecule is C#C/C(=C/C=C\CC(C)=N)C(C)N. The second kappa shape index (κ2) is 6.22. The van der Waals surface area contributed by atoms with Crippen molar-refractivity contribution < 1.29 is 0 Å². The summed E-state index contributed by atoms with van der Waals surface area (Å²) in [5.41, 5.74) is 7.01. The lowest BCUT2D eigenvalue weighted by atomic mass is 10.1. The summed E-state index contributed by atoms with van der Waals surface area (Å²) in [5.74, 6) is 2.52. The quantitative estimate of drug-likeness (QED) is 0.383. The van der Waals surface area contributed by atoms with E-state index in [-0.39, 0.29) is 6.04 Å². The fraction of sp³-hybridized carbons (Fsp3) is 0.364. The van der Waals surface area contributed by atoms with Crippen LogP contribution in [0.5, 0.6) is 0 Å². The Morgan fingerprint density at radius 2 is 2.31 bits per heavy atom. The van der Waals surface area contributed by atoms with E-state index in [1.54, 1.807) is 6.92 Å². The predicted octanol–water partition coefficient (Wildman–Crippen LogP) is 1.88. The van der Waals surface area contributed by atoms with Crippen LogP contribution in [0, 0.1) is 17.8 Å². The van der Waals surface area contributed by atoms with Crippen molar-refractivity contribution in [2.75, 3.05) is 0 Å². The average Bonchev–Trinajstić information content (AvgIpc) is 2.03. The van der Waals surface area contributed by atoms with E-state index in [4.69, 9.17) is 17.6 Å². The van der Waals surface area contributed by atoms with E-state index < -0.39 is 0 Å². The summed E-state index contributed by atoms with van der Waals surface area (Å²) >= 11 is 0. The molecule has 3 N–H and O–H groups in total. The van der Waals surface area contributed by atoms with Gasteiger partial charge in [-0.3, -0.25) is 0 Å². The van der Waals surface area contributed by atoms with Crippen molar-refractivity contribution in [1.82, 2.24) is 0 Å². The molecule has 0 saturated carbocycles. The second-order valence-corrected chi connectivity index (χ2v) is 2.97. The number of rotatable bonds is 4. The van der Waals surface area contributed by atoms with Crippen molar-refractivity contribution in [2.24, 2.45) is 5.73 Å². The van der Waals surface area contributed by atoms with Gasteiger partial charge in [-0.05, 0) is 19.9 Å². The highest BCUT2D eigenvalue weighted by Gasteiger charge is 1.95. The zero-order chi connectivity index (χ0) is 10.3. The summed E-state index contributed by atoms with van der Waals surface area (Å²) < 4.78 is 0. The predicted molar refractivity (Wildman–Crippen MR) is 57.7 cm³/mol. The molecule has 0 rings (SSSR count). The van der Waals surface area contributed by atoms with Gasteiger partial charge >= 0.3 is 0 Å². The van der Waals surface area contributed by atoms with E-state index in [2.05, 4.69) is 5.92 Å². The molecule has 0 aromatic carbocycles. The van der Waals surface area contributed by atoms with Crippen molar-refractivity contribution in [3.05, 3.63) is 23.8 Å². The van der Waals surface area contributed by atoms with Crippen molar-refractivity contribution in [3.8, 4) is 12.3 Å². The van der Waals surface area contributed by atoms with Gasteiger partial charge in [0.15, 0.2) is 0 Å². The lowest BCUT2D eigenvalue weighted by Gasteiger charge is -2.01. The molecule has 0 aliphatic carbocycles. The molecule has 2 heteroatoms. The van der Waals surface area contributed by atoms with Crippen LogP contribution in [0.15, 0.2) is 23.8 Å². The van der Waals surface area contributed by atoms with Gasteiger partial charge < -0.3 is 11.1 Å². The van der Waals surface area contributed by atoms with Crippen LogP contribution in [0.3, 0.4) is 0 Å². The van der Waals surface area contributed by atoms with Crippen LogP contribution < -0.4 is 5.73 Å². The summed E-state index contributed by atoms with van der Waals surface area (Å²) in [6.07, 6.45) is 11.4. The Labute approximate surface area is 80.0 Å². The number of hydrogen-bond acceptors (Lipinski definition) is 2. The molecule has 0 aromatic heterocycles. The van der Waals surface area contributed by atoms with Crippen LogP contribution in [0.1, 0.15) is 20.3 Å². The minimum absolute atomic E-state index is 0.101. The monoisotopic (exact) mass is 176 g/mol. The van der Waals surface area contributed by atoms with Crippen molar-refractivity contribution in [3.63, 3.8) is 0 Å². The van der Waals surface area contributed by atoms with Crippen LogP contribution in [0.2, 0.25) is 0 Å². The third-order valence-electron chi connectivity index (χ3n) is 1.49. The molecular weight excluding hydrogens is 160 g/mol. The van der Waals surface area contributed by atoms with Gasteiger partial charge in [-0.1, -0.05) is 18.1 Å². The first-order chi connectivity index (χ1) is 6.07. The Hall–Kier alpha value is -1.33. The lowest BCUT2D eigenvalue weighted by molar-refractivity contribution is 0.893. The third kappa shape index (κ3) is 5.89. The first kappa shape index (κ1) is 11.7. The van der Waals surface area contributed by atoms with Crippen LogP contribution in [0.25, 0.3) is 0 Å². The Morgan fingerprint density at radius 3 is 2.69 bits per heavy atom. The van der Waals surface area contributed by atoms with Crippen LogP contribution >= 0.6 is 0 Å². The number of nitrogens with one attached hydrogen (secondary N) is 1. The summed E-state index contributed by atoms with van der Waals surface area (Å²) in [6.45, 7) is 3.61. The Balaban J connectivity index is 4.16. The van der Waals surface area contributed by atoms with Crippen LogP contribution in [0.4, 0.5) is 0 Å². The maximum Gasteiger partial charge on any atom is 0.0346 e. The van der Waals surface area contributed by atoms with Gasteiger partial charge in [0.2, 0.25) is 0 Å². The summed E-state index contributed by atoms with van der Waals surface area (Å²) in [7, 11) is 0. The molecule has 0 aliphatic heterocycles. The molecule has 0 spiro atoms. The molecule has 2 nitrogen and oxygen atoms in total. The number of terminal acetylenes is 1. The zero-order valence-electron chi connectivity index (χ0n) is 8.17. The maximum atomic E-state index is 7.17. The van der Waals surface area contributed by atoms with Crippen LogP contribution in [-0.4, -0.2) is 11.8 Å². The van der Waals surface area contributed by atoms with Crippen LogP contribution in [-0.2, 0) is 0 Å². The molecule has 13 heavy (non-hydrogen) atoms. The lowest BCUT2D eigenvalue weighted by Crippen LogP contribution is -2.16. The van der Waals surface area contributed by atoms with E-state index in [9.17, 15) is 0 Å². The van der Waals surface area contributed by atoms with Gasteiger partial charge in [-0.2, -0.15) is 0 Å². The first-order valence-electron chi connectivity index (χ1n) is 4.21. The summed E-state index contributed by atoms with van der Waals surface area (Å²) in [4.78, 5) is 0. The Bertz CT molecular complexity index is 264. The fourth-order valence-electron chi connectivity index (χ4n) is 0.748. The highest BCUT2D eigenvalue weighted by Crippen LogP contribution is 1.98. The smallest absolute Gasteiger partial charge is 0.0346 e. The molecule has 0 aromatic rings. The van der Waals surface area contributed by atoms with Gasteiger partial charge in [0.25, 0.3) is 0 Å². The molecule has 1 unspecified atom stereocenters. The van der Waals surface area contributed by atoms with Gasteiger partial charge in [0, 0.05) is 23.7 Å². The normalized spacial score (nSPS) is 14.2. The van der Waals surface area contributed by atoms with Gasteiger partial charge in [0.1, 0.15) is 0 Å². The molecule has 1 atom stereocenters. The zero-order valence-corrected chi connectivity index (χ0v) is 8.17. The summed E-state index contributed by atoms with van der Waals surface area (Å²) in [6, 6.07) is -0.101. The molecule has 0 saturated heterocycles. The first-order valence-corrected chi connectivity index (χ1v) is 4.21. The number of allylic oxidation sites excluding steroid dienone is 3. The Kier molecular flexibility index (Phi) is 5.58. The van der Waals surface area contributed by atoms with E-state index in [1.807, 2.05) is 25.2 Å². The summed E-state index contributed by atoms with van der Waals surface area (Å²) in [5, 5.41) is 7.17. The minimum atomic E-state index is -0.101. The van der Waals surface area contributed by atoms with E-state index in [0.717, 1.165) is 5.57 Å². The molecular formula is C11H16N2. The van der Waals surface area contributed by atoms with Crippen molar-refractivity contribution >= 4 is 5.71 Å². The maximum absolute atomic E-state index is 7.17. The van der Waals surface area contributed by atoms with E-state index in [0.29, 0.717) is 12.1 Å². The number of hydrogen-bond donors (Lipinski definition) is 2. The molecule has 0 radical (unpaired) electrons. The third-order valence-corrected chi connectivity index (χ3v) is 1.49. The highest BCUT2D eigenvalue weighted by atomic mass is 14.6. The Morgan fingerprint density at radius 1 is 1.69 bits per heavy atom. The van der Waals surface area contributed by atoms with Crippen molar-refractivity contribution in [2.45, 2.75) is 26.3 Å². The molecule has 0 amide bonds. The topological polar surface area (TPSA) is 49.9 Å². The standard InChI is InChI=1S/C11H16N2/c1-4-11(10(3)13)8-6-5-7-9(2)12/h1,5-6,8,10,12H,7,13H2,2-3H3/b6-5-,11-8-,12-9?. The van der Waals surface area contributed by atoms with Gasteiger partial charge in [-0.25, -0.2) is 0 Å². The van der Waals surface area contributed by atoms with Gasteiger partial charge in [-0.15, -0.1) is 6.42 Å². The highest BCUT2D eigenvalue weighted by molar-refractivity contribution is 5.79. The van der Waals surface area contributed by atoms with E-state index >= 15 is 0 Å². The minimum Gasteiger partial charge on any atom is -0.324 e. The molecule has 0 aliphatic rings. The fourth-order valence-corrected chi connectivity index (χ4v) is 0.748. The average molecular weight is 176 g/mol. The van der Waals surface area contributed by atoms with Gasteiger partial charge in [0.05, 0.1) is 0 Å². The molecule has 0 bridgehead atoms. The molecule has 0 heterocycles. The molecule has 0 fully saturated rings. The second-order valence-electron chi connectivity index (χ2n) is 2.97.